The molecule has 14 heavy (non-hydrogen) atoms. The van der Waals surface area contributed by atoms with Crippen LogP contribution < -0.4 is 5.32 Å². The van der Waals surface area contributed by atoms with Crippen molar-refractivity contribution in [2.24, 2.45) is 17.3 Å². The van der Waals surface area contributed by atoms with E-state index in [9.17, 15) is 4.79 Å². The SMILES string of the molecule is CC1CCC2(CCC(=O)NC2)C(C)C1. The molecule has 0 aromatic carbocycles. The number of carbonyl (C=O) groups excluding carboxylic acids is 1. The van der Waals surface area contributed by atoms with Gasteiger partial charge in [0.1, 0.15) is 0 Å². The quantitative estimate of drug-likeness (QED) is 0.631. The van der Waals surface area contributed by atoms with E-state index in [1.54, 1.807) is 0 Å². The third-order valence-electron chi connectivity index (χ3n) is 4.42. The molecule has 1 amide bonds. The monoisotopic (exact) mass is 195 g/mol. The lowest BCUT2D eigenvalue weighted by Gasteiger charge is -2.47. The van der Waals surface area contributed by atoms with Gasteiger partial charge in [-0.2, -0.15) is 0 Å². The molecule has 0 radical (unpaired) electrons. The zero-order chi connectivity index (χ0) is 10.2. The predicted molar refractivity (Wildman–Crippen MR) is 56.9 cm³/mol. The fourth-order valence-corrected chi connectivity index (χ4v) is 3.20. The Hall–Kier alpha value is -0.530. The highest BCUT2D eigenvalue weighted by atomic mass is 16.1. The van der Waals surface area contributed by atoms with Gasteiger partial charge in [-0.1, -0.05) is 20.3 Å². The average molecular weight is 195 g/mol. The first kappa shape index (κ1) is 10.0. The highest BCUT2D eigenvalue weighted by molar-refractivity contribution is 5.76. The molecule has 3 unspecified atom stereocenters. The van der Waals surface area contributed by atoms with Crippen LogP contribution in [0.25, 0.3) is 0 Å². The molecule has 1 aliphatic carbocycles. The minimum absolute atomic E-state index is 0.251. The number of nitrogens with one attached hydrogen (secondary N) is 1. The second-order valence-corrected chi connectivity index (χ2v) is 5.42. The van der Waals surface area contributed by atoms with Gasteiger partial charge >= 0.3 is 0 Å². The van der Waals surface area contributed by atoms with E-state index in [1.165, 1.54) is 19.3 Å². The molecule has 1 saturated heterocycles. The van der Waals surface area contributed by atoms with Crippen molar-refractivity contribution in [1.82, 2.24) is 5.32 Å². The summed E-state index contributed by atoms with van der Waals surface area (Å²) in [5.74, 6) is 1.92. The summed E-state index contributed by atoms with van der Waals surface area (Å²) in [7, 11) is 0. The van der Waals surface area contributed by atoms with Gasteiger partial charge in [0, 0.05) is 13.0 Å². The summed E-state index contributed by atoms with van der Waals surface area (Å²) in [4.78, 5) is 11.1. The van der Waals surface area contributed by atoms with E-state index >= 15 is 0 Å². The highest BCUT2D eigenvalue weighted by Gasteiger charge is 2.42. The molecular weight excluding hydrogens is 174 g/mol. The van der Waals surface area contributed by atoms with Crippen molar-refractivity contribution in [3.8, 4) is 0 Å². The molecule has 0 aromatic heterocycles. The van der Waals surface area contributed by atoms with Crippen LogP contribution in [0.4, 0.5) is 0 Å². The van der Waals surface area contributed by atoms with Crippen LogP contribution in [0, 0.1) is 17.3 Å². The number of amides is 1. The lowest BCUT2D eigenvalue weighted by molar-refractivity contribution is -0.126. The maximum absolute atomic E-state index is 11.1. The molecule has 2 fully saturated rings. The summed E-state index contributed by atoms with van der Waals surface area (Å²) < 4.78 is 0. The normalized spacial score (nSPS) is 43.7. The van der Waals surface area contributed by atoms with E-state index in [1.807, 2.05) is 0 Å². The second kappa shape index (κ2) is 3.56. The summed E-state index contributed by atoms with van der Waals surface area (Å²) in [6.45, 7) is 5.65. The first-order valence-electron chi connectivity index (χ1n) is 5.89. The van der Waals surface area contributed by atoms with Gasteiger partial charge in [0.25, 0.3) is 0 Å². The van der Waals surface area contributed by atoms with Gasteiger partial charge in [-0.15, -0.1) is 0 Å². The molecule has 80 valence electrons. The maximum atomic E-state index is 11.1. The molecule has 0 aromatic rings. The van der Waals surface area contributed by atoms with E-state index in [0.29, 0.717) is 5.41 Å². The topological polar surface area (TPSA) is 29.1 Å². The molecule has 0 bridgehead atoms. The summed E-state index contributed by atoms with van der Waals surface area (Å²) in [5.41, 5.74) is 0.445. The molecular formula is C12H21NO. The van der Waals surface area contributed by atoms with Gasteiger partial charge in [0.15, 0.2) is 0 Å². The van der Waals surface area contributed by atoms with Crippen LogP contribution in [-0.4, -0.2) is 12.5 Å². The number of piperidine rings is 1. The molecule has 1 spiro atoms. The predicted octanol–water partition coefficient (Wildman–Crippen LogP) is 2.34. The molecule has 1 saturated carbocycles. The average Bonchev–Trinajstić information content (AvgIpc) is 2.16. The van der Waals surface area contributed by atoms with E-state index in [0.717, 1.165) is 31.2 Å². The van der Waals surface area contributed by atoms with Gasteiger partial charge in [-0.3, -0.25) is 4.79 Å². The number of carbonyl (C=O) groups is 1. The minimum Gasteiger partial charge on any atom is -0.356 e. The van der Waals surface area contributed by atoms with Crippen LogP contribution in [0.1, 0.15) is 46.0 Å². The largest absolute Gasteiger partial charge is 0.356 e. The van der Waals surface area contributed by atoms with Crippen molar-refractivity contribution in [3.63, 3.8) is 0 Å². The Bertz CT molecular complexity index is 226. The number of hydrogen-bond acceptors (Lipinski definition) is 1. The van der Waals surface area contributed by atoms with Gasteiger partial charge < -0.3 is 5.32 Å². The van der Waals surface area contributed by atoms with Gasteiger partial charge in [-0.25, -0.2) is 0 Å². The first-order valence-corrected chi connectivity index (χ1v) is 5.89. The molecule has 1 N–H and O–H groups in total. The Morgan fingerprint density at radius 3 is 2.71 bits per heavy atom. The molecule has 2 aliphatic rings. The molecule has 3 atom stereocenters. The van der Waals surface area contributed by atoms with Crippen LogP contribution in [0.5, 0.6) is 0 Å². The minimum atomic E-state index is 0.251. The smallest absolute Gasteiger partial charge is 0.220 e. The fourth-order valence-electron chi connectivity index (χ4n) is 3.20. The van der Waals surface area contributed by atoms with Crippen LogP contribution >= 0.6 is 0 Å². The van der Waals surface area contributed by atoms with Gasteiger partial charge in [0.05, 0.1) is 0 Å². The zero-order valence-electron chi connectivity index (χ0n) is 9.31. The third kappa shape index (κ3) is 1.67. The number of hydrogen-bond donors (Lipinski definition) is 1. The Morgan fingerprint density at radius 2 is 2.14 bits per heavy atom. The Balaban J connectivity index is 2.04. The van der Waals surface area contributed by atoms with Crippen molar-refractivity contribution in [1.29, 1.82) is 0 Å². The summed E-state index contributed by atoms with van der Waals surface area (Å²) in [6.07, 6.45) is 5.87. The van der Waals surface area contributed by atoms with Crippen molar-refractivity contribution in [3.05, 3.63) is 0 Å². The lowest BCUT2D eigenvalue weighted by Crippen LogP contribution is -2.48. The Kier molecular flexibility index (Phi) is 2.54. The van der Waals surface area contributed by atoms with Gasteiger partial charge in [-0.05, 0) is 36.5 Å². The molecule has 2 rings (SSSR count). The lowest BCUT2D eigenvalue weighted by atomic mass is 9.61. The third-order valence-corrected chi connectivity index (χ3v) is 4.42. The van der Waals surface area contributed by atoms with Crippen LogP contribution in [-0.2, 0) is 4.79 Å². The van der Waals surface area contributed by atoms with Crippen LogP contribution in [0.2, 0.25) is 0 Å². The van der Waals surface area contributed by atoms with Gasteiger partial charge in [0.2, 0.25) is 5.91 Å². The van der Waals surface area contributed by atoms with Crippen molar-refractivity contribution >= 4 is 5.91 Å². The second-order valence-electron chi connectivity index (χ2n) is 5.42. The zero-order valence-corrected chi connectivity index (χ0v) is 9.31. The van der Waals surface area contributed by atoms with Crippen LogP contribution in [0.15, 0.2) is 0 Å². The van der Waals surface area contributed by atoms with Crippen molar-refractivity contribution in [2.75, 3.05) is 6.54 Å². The Morgan fingerprint density at radius 1 is 1.36 bits per heavy atom. The summed E-state index contributed by atoms with van der Waals surface area (Å²) in [5, 5.41) is 3.05. The molecule has 1 heterocycles. The van der Waals surface area contributed by atoms with Crippen molar-refractivity contribution in [2.45, 2.75) is 46.0 Å². The summed E-state index contributed by atoms with van der Waals surface area (Å²) in [6, 6.07) is 0. The fraction of sp³-hybridized carbons (Fsp3) is 0.917. The van der Waals surface area contributed by atoms with Crippen LogP contribution in [0.3, 0.4) is 0 Å². The Labute approximate surface area is 86.5 Å². The number of rotatable bonds is 0. The highest BCUT2D eigenvalue weighted by Crippen LogP contribution is 2.47. The van der Waals surface area contributed by atoms with E-state index in [2.05, 4.69) is 19.2 Å². The first-order chi connectivity index (χ1) is 6.62. The van der Waals surface area contributed by atoms with E-state index in [4.69, 9.17) is 0 Å². The molecule has 2 heteroatoms. The summed E-state index contributed by atoms with van der Waals surface area (Å²) >= 11 is 0. The maximum Gasteiger partial charge on any atom is 0.220 e. The van der Waals surface area contributed by atoms with E-state index < -0.39 is 0 Å². The van der Waals surface area contributed by atoms with Crippen molar-refractivity contribution < 1.29 is 4.79 Å². The van der Waals surface area contributed by atoms with E-state index in [-0.39, 0.29) is 5.91 Å². The molecule has 1 aliphatic heterocycles. The molecule has 2 nitrogen and oxygen atoms in total. The standard InChI is InChI=1S/C12H21NO/c1-9-3-5-12(10(2)7-9)6-4-11(14)13-8-12/h9-10H,3-8H2,1-2H3,(H,13,14).